The summed E-state index contributed by atoms with van der Waals surface area (Å²) in [4.78, 5) is 28.6. The van der Waals surface area contributed by atoms with E-state index in [1.165, 1.54) is 17.7 Å². The number of ether oxygens (including phenoxy) is 2. The van der Waals surface area contributed by atoms with Crippen molar-refractivity contribution < 1.29 is 19.1 Å². The molecule has 2 saturated heterocycles. The number of esters is 1. The highest BCUT2D eigenvalue weighted by Gasteiger charge is 2.62. The minimum atomic E-state index is -1.09. The minimum Gasteiger partial charge on any atom is -0.424 e. The molecular weight excluding hydrogens is 392 g/mol. The lowest BCUT2D eigenvalue weighted by Crippen LogP contribution is -2.52. The fourth-order valence-corrected chi connectivity index (χ4v) is 5.91. The van der Waals surface area contributed by atoms with Gasteiger partial charge in [0.2, 0.25) is 0 Å². The third-order valence-corrected chi connectivity index (χ3v) is 7.65. The molecule has 3 aliphatic rings. The molecule has 6 heteroatoms. The van der Waals surface area contributed by atoms with Crippen LogP contribution in [0.25, 0.3) is 0 Å². The van der Waals surface area contributed by atoms with Gasteiger partial charge >= 0.3 is 5.97 Å². The van der Waals surface area contributed by atoms with Crippen molar-refractivity contribution in [1.82, 2.24) is 4.90 Å². The molecule has 0 amide bonds. The number of carbonyl (C=O) groups is 2. The van der Waals surface area contributed by atoms with Gasteiger partial charge in [0.15, 0.2) is 0 Å². The molecule has 6 nitrogen and oxygen atoms in total. The molecule has 0 bridgehead atoms. The number of piperazine rings is 1. The molecule has 3 fully saturated rings. The maximum Gasteiger partial charge on any atom is 0.309 e. The average molecular weight is 429 g/mol. The summed E-state index contributed by atoms with van der Waals surface area (Å²) < 4.78 is 11.4. The van der Waals surface area contributed by atoms with Gasteiger partial charge in [-0.3, -0.25) is 14.5 Å². The summed E-state index contributed by atoms with van der Waals surface area (Å²) in [5.41, 5.74) is 2.39. The predicted octanol–water partition coefficient (Wildman–Crippen LogP) is 4.09. The molecule has 1 aliphatic carbocycles. The van der Waals surface area contributed by atoms with E-state index in [-0.39, 0.29) is 11.4 Å². The van der Waals surface area contributed by atoms with Crippen LogP contribution in [0.2, 0.25) is 0 Å². The van der Waals surface area contributed by atoms with Gasteiger partial charge < -0.3 is 14.4 Å². The SMILES string of the molecule is CC(C)c1ccccc1N1CCN(CCC2(OC=O)OC(=O)CC23CCCCC3)CC1. The van der Waals surface area contributed by atoms with E-state index in [1.807, 2.05) is 0 Å². The molecular formula is C25H36N2O4. The highest BCUT2D eigenvalue weighted by Crippen LogP contribution is 2.55. The van der Waals surface area contributed by atoms with E-state index in [2.05, 4.69) is 47.9 Å². The number of carbonyl (C=O) groups excluding carboxylic acids is 2. The van der Waals surface area contributed by atoms with Crippen LogP contribution in [0.5, 0.6) is 0 Å². The van der Waals surface area contributed by atoms with Crippen LogP contribution >= 0.6 is 0 Å². The van der Waals surface area contributed by atoms with Gasteiger partial charge in [-0.15, -0.1) is 0 Å². The van der Waals surface area contributed by atoms with Crippen LogP contribution < -0.4 is 4.90 Å². The summed E-state index contributed by atoms with van der Waals surface area (Å²) in [6, 6.07) is 8.69. The number of rotatable bonds is 7. The highest BCUT2D eigenvalue weighted by molar-refractivity contribution is 5.74. The number of nitrogens with zero attached hydrogens (tertiary/aromatic N) is 2. The Bertz CT molecular complexity index is 781. The third kappa shape index (κ3) is 4.32. The van der Waals surface area contributed by atoms with E-state index >= 15 is 0 Å². The molecule has 1 aromatic carbocycles. The molecule has 1 spiro atoms. The molecule has 1 saturated carbocycles. The largest absolute Gasteiger partial charge is 0.424 e. The van der Waals surface area contributed by atoms with Gasteiger partial charge in [0, 0.05) is 44.8 Å². The van der Waals surface area contributed by atoms with Crippen LogP contribution in [0.3, 0.4) is 0 Å². The van der Waals surface area contributed by atoms with Crippen LogP contribution in [0, 0.1) is 5.41 Å². The number of para-hydroxylation sites is 1. The third-order valence-electron chi connectivity index (χ3n) is 7.65. The summed E-state index contributed by atoms with van der Waals surface area (Å²) >= 11 is 0. The molecule has 1 unspecified atom stereocenters. The van der Waals surface area contributed by atoms with E-state index in [4.69, 9.17) is 9.47 Å². The zero-order chi connectivity index (χ0) is 21.9. The Morgan fingerprint density at radius 2 is 1.81 bits per heavy atom. The molecule has 2 heterocycles. The molecule has 0 aromatic heterocycles. The van der Waals surface area contributed by atoms with Gasteiger partial charge in [0.25, 0.3) is 12.3 Å². The molecule has 31 heavy (non-hydrogen) atoms. The maximum atomic E-state index is 12.3. The Hall–Kier alpha value is -2.08. The first-order chi connectivity index (χ1) is 15.0. The zero-order valence-corrected chi connectivity index (χ0v) is 19.0. The lowest BCUT2D eigenvalue weighted by atomic mass is 9.66. The lowest BCUT2D eigenvalue weighted by molar-refractivity contribution is -0.246. The fraction of sp³-hybridized carbons (Fsp3) is 0.680. The summed E-state index contributed by atoms with van der Waals surface area (Å²) in [6.07, 6.45) is 6.02. The average Bonchev–Trinajstić information content (AvgIpc) is 3.03. The van der Waals surface area contributed by atoms with Crippen LogP contribution in [0.1, 0.15) is 70.3 Å². The number of anilines is 1. The molecule has 170 valence electrons. The van der Waals surface area contributed by atoms with E-state index in [0.717, 1.165) is 58.4 Å². The quantitative estimate of drug-likeness (QED) is 0.482. The van der Waals surface area contributed by atoms with Crippen LogP contribution in [0.15, 0.2) is 24.3 Å². The lowest BCUT2D eigenvalue weighted by Gasteiger charge is -2.45. The molecule has 2 aliphatic heterocycles. The first-order valence-electron chi connectivity index (χ1n) is 11.9. The van der Waals surface area contributed by atoms with E-state index in [1.54, 1.807) is 0 Å². The second-order valence-electron chi connectivity index (χ2n) is 9.75. The summed E-state index contributed by atoms with van der Waals surface area (Å²) in [5.74, 6) is -0.814. The second kappa shape index (κ2) is 9.19. The maximum absolute atomic E-state index is 12.3. The van der Waals surface area contributed by atoms with Gasteiger partial charge in [-0.25, -0.2) is 0 Å². The van der Waals surface area contributed by atoms with Crippen molar-refractivity contribution in [2.24, 2.45) is 5.41 Å². The summed E-state index contributed by atoms with van der Waals surface area (Å²) in [5, 5.41) is 0. The van der Waals surface area contributed by atoms with Crippen molar-refractivity contribution >= 4 is 18.1 Å². The van der Waals surface area contributed by atoms with Crippen LogP contribution in [0.4, 0.5) is 5.69 Å². The van der Waals surface area contributed by atoms with Crippen molar-refractivity contribution in [3.8, 4) is 0 Å². The first kappa shape index (κ1) is 22.1. The fourth-order valence-electron chi connectivity index (χ4n) is 5.91. The second-order valence-corrected chi connectivity index (χ2v) is 9.75. The van der Waals surface area contributed by atoms with Crippen molar-refractivity contribution in [1.29, 1.82) is 0 Å². The smallest absolute Gasteiger partial charge is 0.309 e. The molecule has 1 aromatic rings. The first-order valence-corrected chi connectivity index (χ1v) is 11.9. The van der Waals surface area contributed by atoms with Gasteiger partial charge in [-0.1, -0.05) is 51.3 Å². The molecule has 4 rings (SSSR count). The number of hydrogen-bond donors (Lipinski definition) is 0. The van der Waals surface area contributed by atoms with Crippen LogP contribution in [-0.4, -0.2) is 55.9 Å². The van der Waals surface area contributed by atoms with Crippen molar-refractivity contribution in [3.63, 3.8) is 0 Å². The normalized spacial score (nSPS) is 26.3. The molecule has 0 radical (unpaired) electrons. The van der Waals surface area contributed by atoms with Gasteiger partial charge in [0.1, 0.15) is 0 Å². The summed E-state index contributed by atoms with van der Waals surface area (Å²) in [6.45, 7) is 9.57. The van der Waals surface area contributed by atoms with E-state index in [9.17, 15) is 9.59 Å². The van der Waals surface area contributed by atoms with Crippen LogP contribution in [-0.2, 0) is 19.1 Å². The van der Waals surface area contributed by atoms with Gasteiger partial charge in [-0.05, 0) is 30.4 Å². The Morgan fingerprint density at radius 3 is 2.48 bits per heavy atom. The number of hydrogen-bond acceptors (Lipinski definition) is 6. The number of cyclic esters (lactones) is 1. The Labute approximate surface area is 185 Å². The Morgan fingerprint density at radius 1 is 1.10 bits per heavy atom. The molecule has 1 atom stereocenters. The predicted molar refractivity (Wildman–Crippen MR) is 120 cm³/mol. The Kier molecular flexibility index (Phi) is 6.56. The topological polar surface area (TPSA) is 59.1 Å². The highest BCUT2D eigenvalue weighted by atomic mass is 16.7. The van der Waals surface area contributed by atoms with Crippen molar-refractivity contribution in [3.05, 3.63) is 29.8 Å². The minimum absolute atomic E-state index is 0.223. The monoisotopic (exact) mass is 428 g/mol. The van der Waals surface area contributed by atoms with Gasteiger partial charge in [0.05, 0.1) is 11.8 Å². The standard InChI is InChI=1S/C25H36N2O4/c1-20(2)21-8-4-5-9-22(21)27-16-14-26(15-17-27)13-12-25(30-19-28)24(18-23(29)31-25)10-6-3-7-11-24/h4-5,8-9,19-20H,3,6-7,10-18H2,1-2H3. The van der Waals surface area contributed by atoms with E-state index in [0.29, 0.717) is 25.2 Å². The Balaban J connectivity index is 1.40. The molecule has 0 N–H and O–H groups in total. The van der Waals surface area contributed by atoms with Crippen molar-refractivity contribution in [2.45, 2.75) is 70.5 Å². The van der Waals surface area contributed by atoms with E-state index < -0.39 is 5.79 Å². The summed E-state index contributed by atoms with van der Waals surface area (Å²) in [7, 11) is 0. The van der Waals surface area contributed by atoms with Crippen molar-refractivity contribution in [2.75, 3.05) is 37.6 Å². The number of benzene rings is 1. The zero-order valence-electron chi connectivity index (χ0n) is 19.0. The van der Waals surface area contributed by atoms with Gasteiger partial charge in [-0.2, -0.15) is 0 Å².